The van der Waals surface area contributed by atoms with Gasteiger partial charge in [0.05, 0.1) is 14.2 Å². The molecule has 0 bridgehead atoms. The smallest absolute Gasteiger partial charge is 0.252 e. The summed E-state index contributed by atoms with van der Waals surface area (Å²) in [6.07, 6.45) is 1.34. The van der Waals surface area contributed by atoms with E-state index in [9.17, 15) is 4.79 Å². The van der Waals surface area contributed by atoms with Gasteiger partial charge in [-0.15, -0.1) is 0 Å². The number of nitrogens with one attached hydrogen (secondary N) is 2. The fraction of sp³-hybridized carbons (Fsp3) is 0.562. The molecule has 0 unspecified atom stereocenters. The molecule has 1 aromatic rings. The summed E-state index contributed by atoms with van der Waals surface area (Å²) >= 11 is 0. The van der Waals surface area contributed by atoms with E-state index < -0.39 is 5.60 Å². The Bertz CT molecular complexity index is 513. The lowest BCUT2D eigenvalue weighted by atomic mass is 9.91. The predicted molar refractivity (Wildman–Crippen MR) is 83.2 cm³/mol. The van der Waals surface area contributed by atoms with E-state index in [2.05, 4.69) is 10.6 Å². The number of ether oxygens (including phenoxy) is 3. The van der Waals surface area contributed by atoms with Crippen LogP contribution in [0.2, 0.25) is 0 Å². The minimum Gasteiger partial charge on any atom is -0.493 e. The van der Waals surface area contributed by atoms with Crippen LogP contribution in [-0.4, -0.2) is 45.9 Å². The van der Waals surface area contributed by atoms with Crippen LogP contribution in [0.15, 0.2) is 18.2 Å². The van der Waals surface area contributed by atoms with Gasteiger partial charge in [-0.1, -0.05) is 12.1 Å². The summed E-state index contributed by atoms with van der Waals surface area (Å²) in [6, 6.07) is 5.61. The largest absolute Gasteiger partial charge is 0.493 e. The van der Waals surface area contributed by atoms with Crippen LogP contribution in [0.3, 0.4) is 0 Å². The zero-order chi connectivity index (χ0) is 16.0. The monoisotopic (exact) mass is 308 g/mol. The molecule has 122 valence electrons. The number of piperidine rings is 1. The van der Waals surface area contributed by atoms with Crippen LogP contribution >= 0.6 is 0 Å². The minimum atomic E-state index is -0.739. The van der Waals surface area contributed by atoms with Crippen molar-refractivity contribution in [2.45, 2.75) is 25.0 Å². The van der Waals surface area contributed by atoms with Crippen LogP contribution in [-0.2, 0) is 16.1 Å². The lowest BCUT2D eigenvalue weighted by Crippen LogP contribution is -2.53. The summed E-state index contributed by atoms with van der Waals surface area (Å²) in [6.45, 7) is 1.94. The molecule has 2 rings (SSSR count). The topological polar surface area (TPSA) is 68.8 Å². The average molecular weight is 308 g/mol. The van der Waals surface area contributed by atoms with Crippen LogP contribution in [0.4, 0.5) is 0 Å². The summed E-state index contributed by atoms with van der Waals surface area (Å²) in [4.78, 5) is 12.5. The Morgan fingerprint density at radius 1 is 1.23 bits per heavy atom. The Balaban J connectivity index is 2.07. The molecule has 6 nitrogen and oxygen atoms in total. The van der Waals surface area contributed by atoms with Crippen LogP contribution in [0, 0.1) is 0 Å². The lowest BCUT2D eigenvalue weighted by molar-refractivity contribution is -0.146. The summed E-state index contributed by atoms with van der Waals surface area (Å²) in [5, 5.41) is 6.20. The molecule has 1 fully saturated rings. The van der Waals surface area contributed by atoms with Crippen molar-refractivity contribution in [3.05, 3.63) is 23.8 Å². The molecule has 0 saturated carbocycles. The van der Waals surface area contributed by atoms with Gasteiger partial charge in [0.1, 0.15) is 5.60 Å². The van der Waals surface area contributed by atoms with Gasteiger partial charge in [-0.05, 0) is 32.0 Å². The van der Waals surface area contributed by atoms with Crippen molar-refractivity contribution < 1.29 is 19.0 Å². The predicted octanol–water partition coefficient (Wildman–Crippen LogP) is 1.09. The zero-order valence-electron chi connectivity index (χ0n) is 13.4. The second-order valence-electron chi connectivity index (χ2n) is 5.28. The fourth-order valence-corrected chi connectivity index (χ4v) is 2.78. The van der Waals surface area contributed by atoms with Gasteiger partial charge in [-0.2, -0.15) is 0 Å². The van der Waals surface area contributed by atoms with Gasteiger partial charge < -0.3 is 24.8 Å². The first-order valence-corrected chi connectivity index (χ1v) is 7.41. The van der Waals surface area contributed by atoms with E-state index in [4.69, 9.17) is 14.2 Å². The molecule has 1 saturated heterocycles. The number of hydrogen-bond acceptors (Lipinski definition) is 5. The van der Waals surface area contributed by atoms with Crippen LogP contribution < -0.4 is 20.1 Å². The maximum atomic E-state index is 12.5. The third-order valence-corrected chi connectivity index (χ3v) is 4.14. The molecule has 1 amide bonds. The highest BCUT2D eigenvalue weighted by Gasteiger charge is 2.39. The summed E-state index contributed by atoms with van der Waals surface area (Å²) in [5.74, 6) is 1.21. The van der Waals surface area contributed by atoms with Crippen molar-refractivity contribution in [3.63, 3.8) is 0 Å². The van der Waals surface area contributed by atoms with Gasteiger partial charge >= 0.3 is 0 Å². The quantitative estimate of drug-likeness (QED) is 0.823. The minimum absolute atomic E-state index is 0.0821. The van der Waals surface area contributed by atoms with E-state index in [1.165, 1.54) is 0 Å². The molecule has 1 aromatic carbocycles. The van der Waals surface area contributed by atoms with Crippen LogP contribution in [0.5, 0.6) is 11.5 Å². The van der Waals surface area contributed by atoms with E-state index in [1.807, 2.05) is 18.2 Å². The SMILES string of the molecule is COc1cccc(CNC(=O)C2(OC)CCNCC2)c1OC. The molecule has 0 radical (unpaired) electrons. The molecule has 1 heterocycles. The average Bonchev–Trinajstić information content (AvgIpc) is 2.59. The Labute approximate surface area is 131 Å². The fourth-order valence-electron chi connectivity index (χ4n) is 2.78. The van der Waals surface area contributed by atoms with Crippen LogP contribution in [0.1, 0.15) is 18.4 Å². The molecule has 6 heteroatoms. The van der Waals surface area contributed by atoms with Gasteiger partial charge in [-0.3, -0.25) is 4.79 Å². The second kappa shape index (κ2) is 7.47. The highest BCUT2D eigenvalue weighted by molar-refractivity contribution is 5.85. The number of benzene rings is 1. The summed E-state index contributed by atoms with van der Waals surface area (Å²) in [5.41, 5.74) is 0.132. The van der Waals surface area contributed by atoms with Crippen molar-refractivity contribution >= 4 is 5.91 Å². The van der Waals surface area contributed by atoms with Crippen LogP contribution in [0.25, 0.3) is 0 Å². The molecule has 0 aromatic heterocycles. The number of carbonyl (C=O) groups excluding carboxylic acids is 1. The van der Waals surface area contributed by atoms with E-state index >= 15 is 0 Å². The first-order valence-electron chi connectivity index (χ1n) is 7.41. The number of hydrogen-bond donors (Lipinski definition) is 2. The highest BCUT2D eigenvalue weighted by atomic mass is 16.5. The number of rotatable bonds is 6. The third kappa shape index (κ3) is 3.34. The summed E-state index contributed by atoms with van der Waals surface area (Å²) in [7, 11) is 4.78. The lowest BCUT2D eigenvalue weighted by Gasteiger charge is -2.34. The number of amides is 1. The maximum Gasteiger partial charge on any atom is 0.252 e. The van der Waals surface area contributed by atoms with E-state index in [1.54, 1.807) is 21.3 Å². The van der Waals surface area contributed by atoms with Gasteiger partial charge in [0.2, 0.25) is 0 Å². The van der Waals surface area contributed by atoms with Gasteiger partial charge in [0.15, 0.2) is 11.5 Å². The van der Waals surface area contributed by atoms with Crippen molar-refractivity contribution in [2.75, 3.05) is 34.4 Å². The van der Waals surface area contributed by atoms with E-state index in [0.717, 1.165) is 18.7 Å². The number of carbonyl (C=O) groups is 1. The van der Waals surface area contributed by atoms with Crippen molar-refractivity contribution in [1.29, 1.82) is 0 Å². The molecule has 0 spiro atoms. The first-order chi connectivity index (χ1) is 10.7. The molecule has 0 aliphatic carbocycles. The molecule has 1 aliphatic rings. The van der Waals surface area contributed by atoms with E-state index in [0.29, 0.717) is 30.9 Å². The van der Waals surface area contributed by atoms with E-state index in [-0.39, 0.29) is 5.91 Å². The van der Waals surface area contributed by atoms with Crippen molar-refractivity contribution in [1.82, 2.24) is 10.6 Å². The standard InChI is InChI=1S/C16H24N2O4/c1-20-13-6-4-5-12(14(13)21-2)11-18-15(19)16(22-3)7-9-17-10-8-16/h4-6,17H,7-11H2,1-3H3,(H,18,19). The Morgan fingerprint density at radius 3 is 2.55 bits per heavy atom. The molecule has 1 aliphatic heterocycles. The van der Waals surface area contributed by atoms with Gasteiger partial charge in [0.25, 0.3) is 5.91 Å². The molecule has 22 heavy (non-hydrogen) atoms. The first kappa shape index (κ1) is 16.6. The molecule has 0 atom stereocenters. The Kier molecular flexibility index (Phi) is 5.63. The molecular weight excluding hydrogens is 284 g/mol. The maximum absolute atomic E-state index is 12.5. The molecule has 2 N–H and O–H groups in total. The van der Waals surface area contributed by atoms with Gasteiger partial charge in [0, 0.05) is 19.2 Å². The number of para-hydroxylation sites is 1. The second-order valence-corrected chi connectivity index (χ2v) is 5.28. The van der Waals surface area contributed by atoms with Gasteiger partial charge in [-0.25, -0.2) is 0 Å². The van der Waals surface area contributed by atoms with Crippen molar-refractivity contribution in [2.24, 2.45) is 0 Å². The normalized spacial score (nSPS) is 16.9. The summed E-state index contributed by atoms with van der Waals surface area (Å²) < 4.78 is 16.2. The third-order valence-electron chi connectivity index (χ3n) is 4.14. The Hall–Kier alpha value is -1.79. The van der Waals surface area contributed by atoms with Crippen molar-refractivity contribution in [3.8, 4) is 11.5 Å². The highest BCUT2D eigenvalue weighted by Crippen LogP contribution is 2.31. The number of methoxy groups -OCH3 is 3. The molecular formula is C16H24N2O4. The zero-order valence-corrected chi connectivity index (χ0v) is 13.4. The Morgan fingerprint density at radius 2 is 1.95 bits per heavy atom.